The lowest BCUT2D eigenvalue weighted by atomic mass is 10.0. The van der Waals surface area contributed by atoms with Gasteiger partial charge in [-0.2, -0.15) is 0 Å². The number of aryl methyl sites for hydroxylation is 1. The minimum absolute atomic E-state index is 0.0487. The van der Waals surface area contributed by atoms with E-state index in [-0.39, 0.29) is 12.5 Å². The van der Waals surface area contributed by atoms with Crippen molar-refractivity contribution >= 4 is 23.2 Å². The van der Waals surface area contributed by atoms with E-state index in [4.69, 9.17) is 17.3 Å². The number of nitrogens with zero attached hydrogens (tertiary/aromatic N) is 1. The molecule has 4 nitrogen and oxygen atoms in total. The third kappa shape index (κ3) is 3.56. The molecule has 0 fully saturated rings. The molecular formula is C15H16ClN3O. The van der Waals surface area contributed by atoms with Gasteiger partial charge in [0, 0.05) is 29.0 Å². The summed E-state index contributed by atoms with van der Waals surface area (Å²) in [6, 6.07) is 9.45. The monoisotopic (exact) mass is 289 g/mol. The predicted molar refractivity (Wildman–Crippen MR) is 80.9 cm³/mol. The average Bonchev–Trinajstić information content (AvgIpc) is 2.44. The van der Waals surface area contributed by atoms with E-state index < -0.39 is 0 Å². The number of aromatic nitrogens is 1. The van der Waals surface area contributed by atoms with Crippen molar-refractivity contribution in [1.29, 1.82) is 0 Å². The molecule has 0 radical (unpaired) electrons. The molecule has 0 aliphatic rings. The van der Waals surface area contributed by atoms with Crippen LogP contribution in [-0.4, -0.2) is 17.4 Å². The summed E-state index contributed by atoms with van der Waals surface area (Å²) in [5, 5.41) is 3.49. The van der Waals surface area contributed by atoms with Gasteiger partial charge in [0.25, 0.3) is 0 Å². The predicted octanol–water partition coefficient (Wildman–Crippen LogP) is 2.53. The van der Waals surface area contributed by atoms with Crippen molar-refractivity contribution in [3.63, 3.8) is 0 Å². The molecule has 2 aromatic rings. The van der Waals surface area contributed by atoms with Crippen molar-refractivity contribution in [1.82, 2.24) is 4.98 Å². The van der Waals surface area contributed by atoms with E-state index in [0.717, 1.165) is 22.5 Å². The summed E-state index contributed by atoms with van der Waals surface area (Å²) in [6.45, 7) is 1.82. The highest BCUT2D eigenvalue weighted by atomic mass is 35.5. The number of nitrogens with one attached hydrogen (secondary N) is 1. The van der Waals surface area contributed by atoms with Gasteiger partial charge < -0.3 is 11.1 Å². The van der Waals surface area contributed by atoms with Crippen LogP contribution in [0.4, 0.5) is 5.69 Å². The van der Waals surface area contributed by atoms with Gasteiger partial charge in [-0.1, -0.05) is 29.8 Å². The Morgan fingerprint density at radius 2 is 2.10 bits per heavy atom. The Labute approximate surface area is 123 Å². The fraction of sp³-hybridized carbons (Fsp3) is 0.200. The normalized spacial score (nSPS) is 10.3. The summed E-state index contributed by atoms with van der Waals surface area (Å²) < 4.78 is 0. The molecule has 20 heavy (non-hydrogen) atoms. The van der Waals surface area contributed by atoms with Crippen LogP contribution in [0, 0.1) is 6.92 Å². The Hall–Kier alpha value is -1.91. The van der Waals surface area contributed by atoms with Crippen LogP contribution in [0.25, 0.3) is 0 Å². The fourth-order valence-corrected chi connectivity index (χ4v) is 2.10. The smallest absolute Gasteiger partial charge is 0.238 e. The third-order valence-electron chi connectivity index (χ3n) is 2.92. The molecule has 0 saturated heterocycles. The Morgan fingerprint density at radius 1 is 1.35 bits per heavy atom. The van der Waals surface area contributed by atoms with Gasteiger partial charge >= 0.3 is 0 Å². The second-order valence-electron chi connectivity index (χ2n) is 4.50. The van der Waals surface area contributed by atoms with E-state index in [0.29, 0.717) is 11.4 Å². The maximum Gasteiger partial charge on any atom is 0.238 e. The number of hydrogen-bond donors (Lipinski definition) is 2. The van der Waals surface area contributed by atoms with Gasteiger partial charge in [0.2, 0.25) is 5.91 Å². The zero-order valence-electron chi connectivity index (χ0n) is 11.2. The number of pyridine rings is 1. The Bertz CT molecular complexity index is 628. The first-order chi connectivity index (χ1) is 9.60. The summed E-state index contributed by atoms with van der Waals surface area (Å²) >= 11 is 6.16. The fourth-order valence-electron chi connectivity index (χ4n) is 1.89. The molecule has 0 bridgehead atoms. The minimum Gasteiger partial charge on any atom is -0.325 e. The second kappa shape index (κ2) is 6.50. The SMILES string of the molecule is Cc1cc(NC(=O)CN)c(Cc2ccccc2Cl)cn1. The molecule has 104 valence electrons. The highest BCUT2D eigenvalue weighted by Crippen LogP contribution is 2.23. The summed E-state index contributed by atoms with van der Waals surface area (Å²) in [4.78, 5) is 15.8. The van der Waals surface area contributed by atoms with Gasteiger partial charge in [-0.3, -0.25) is 9.78 Å². The van der Waals surface area contributed by atoms with E-state index in [2.05, 4.69) is 10.3 Å². The van der Waals surface area contributed by atoms with Crippen molar-refractivity contribution in [2.45, 2.75) is 13.3 Å². The highest BCUT2D eigenvalue weighted by Gasteiger charge is 2.09. The molecule has 1 amide bonds. The molecule has 0 saturated carbocycles. The molecule has 2 rings (SSSR count). The lowest BCUT2D eigenvalue weighted by Crippen LogP contribution is -2.22. The number of carbonyl (C=O) groups is 1. The number of rotatable bonds is 4. The van der Waals surface area contributed by atoms with E-state index in [1.54, 1.807) is 6.20 Å². The molecule has 1 aromatic carbocycles. The summed E-state index contributed by atoms with van der Waals surface area (Å²) in [5.41, 5.74) is 8.80. The minimum atomic E-state index is -0.226. The highest BCUT2D eigenvalue weighted by molar-refractivity contribution is 6.31. The van der Waals surface area contributed by atoms with Crippen LogP contribution in [0.3, 0.4) is 0 Å². The first kappa shape index (κ1) is 14.5. The van der Waals surface area contributed by atoms with Crippen LogP contribution in [0.2, 0.25) is 5.02 Å². The summed E-state index contributed by atoms with van der Waals surface area (Å²) in [6.07, 6.45) is 2.36. The largest absolute Gasteiger partial charge is 0.325 e. The summed E-state index contributed by atoms with van der Waals surface area (Å²) in [7, 11) is 0. The third-order valence-corrected chi connectivity index (χ3v) is 3.29. The maximum absolute atomic E-state index is 11.5. The van der Waals surface area contributed by atoms with Crippen LogP contribution in [0.15, 0.2) is 36.5 Å². The lowest BCUT2D eigenvalue weighted by Gasteiger charge is -2.12. The number of hydrogen-bond acceptors (Lipinski definition) is 3. The lowest BCUT2D eigenvalue weighted by molar-refractivity contribution is -0.114. The van der Waals surface area contributed by atoms with Gasteiger partial charge in [0.1, 0.15) is 0 Å². The molecule has 0 aliphatic carbocycles. The van der Waals surface area contributed by atoms with Crippen LogP contribution < -0.4 is 11.1 Å². The van der Waals surface area contributed by atoms with E-state index in [1.807, 2.05) is 37.3 Å². The molecule has 0 atom stereocenters. The van der Waals surface area contributed by atoms with E-state index in [9.17, 15) is 4.79 Å². The molecule has 0 unspecified atom stereocenters. The first-order valence-electron chi connectivity index (χ1n) is 6.29. The molecule has 1 aromatic heterocycles. The van der Waals surface area contributed by atoms with Gasteiger partial charge in [-0.05, 0) is 30.2 Å². The zero-order valence-corrected chi connectivity index (χ0v) is 11.9. The van der Waals surface area contributed by atoms with Crippen molar-refractivity contribution in [3.05, 3.63) is 58.4 Å². The topological polar surface area (TPSA) is 68.0 Å². The Kier molecular flexibility index (Phi) is 4.71. The number of anilines is 1. The van der Waals surface area contributed by atoms with Crippen LogP contribution >= 0.6 is 11.6 Å². The molecular weight excluding hydrogens is 274 g/mol. The zero-order chi connectivity index (χ0) is 14.5. The van der Waals surface area contributed by atoms with Crippen molar-refractivity contribution < 1.29 is 4.79 Å². The van der Waals surface area contributed by atoms with Gasteiger partial charge in [-0.15, -0.1) is 0 Å². The quantitative estimate of drug-likeness (QED) is 0.909. The van der Waals surface area contributed by atoms with Gasteiger partial charge in [0.05, 0.1) is 6.54 Å². The van der Waals surface area contributed by atoms with E-state index >= 15 is 0 Å². The van der Waals surface area contributed by atoms with Crippen LogP contribution in [-0.2, 0) is 11.2 Å². The number of amides is 1. The summed E-state index contributed by atoms with van der Waals surface area (Å²) in [5.74, 6) is -0.226. The molecule has 0 spiro atoms. The molecule has 3 N–H and O–H groups in total. The molecule has 0 aliphatic heterocycles. The standard InChI is InChI=1S/C15H16ClN3O/c1-10-6-14(19-15(20)8-17)12(9-18-10)7-11-4-2-3-5-13(11)16/h2-6,9H,7-8,17H2,1H3,(H,18,19,20). The molecule has 1 heterocycles. The van der Waals surface area contributed by atoms with Gasteiger partial charge in [0.15, 0.2) is 0 Å². The Balaban J connectivity index is 2.31. The van der Waals surface area contributed by atoms with Crippen molar-refractivity contribution in [3.8, 4) is 0 Å². The first-order valence-corrected chi connectivity index (χ1v) is 6.67. The van der Waals surface area contributed by atoms with Crippen molar-refractivity contribution in [2.24, 2.45) is 5.73 Å². The maximum atomic E-state index is 11.5. The second-order valence-corrected chi connectivity index (χ2v) is 4.91. The van der Waals surface area contributed by atoms with Gasteiger partial charge in [-0.25, -0.2) is 0 Å². The average molecular weight is 290 g/mol. The van der Waals surface area contributed by atoms with E-state index in [1.165, 1.54) is 0 Å². The number of carbonyl (C=O) groups excluding carboxylic acids is 1. The Morgan fingerprint density at radius 3 is 2.80 bits per heavy atom. The number of benzene rings is 1. The van der Waals surface area contributed by atoms with Crippen LogP contribution in [0.1, 0.15) is 16.8 Å². The number of nitrogens with two attached hydrogens (primary N) is 1. The molecule has 5 heteroatoms. The van der Waals surface area contributed by atoms with Crippen molar-refractivity contribution in [2.75, 3.05) is 11.9 Å². The number of halogens is 1. The van der Waals surface area contributed by atoms with Crippen LogP contribution in [0.5, 0.6) is 0 Å².